The standard InChI is InChI=1S/C12H14Cl2N2O2/c1-8(12(17)16-7-3-6-15-16)18-11-9(13)4-2-5-10(11)14/h2,4-5,8,15H,3,6-7H2,1H3. The highest BCUT2D eigenvalue weighted by Crippen LogP contribution is 2.33. The van der Waals surface area contributed by atoms with Crippen molar-refractivity contribution in [1.29, 1.82) is 0 Å². The van der Waals surface area contributed by atoms with Crippen molar-refractivity contribution in [2.24, 2.45) is 0 Å². The number of carbonyl (C=O) groups is 1. The van der Waals surface area contributed by atoms with E-state index in [0.717, 1.165) is 13.0 Å². The number of nitrogens with zero attached hydrogens (tertiary/aromatic N) is 1. The number of carbonyl (C=O) groups excluding carboxylic acids is 1. The Morgan fingerprint density at radius 2 is 2.11 bits per heavy atom. The van der Waals surface area contributed by atoms with Crippen molar-refractivity contribution >= 4 is 29.1 Å². The molecule has 1 N–H and O–H groups in total. The Kier molecular flexibility index (Phi) is 4.32. The van der Waals surface area contributed by atoms with Gasteiger partial charge in [0.25, 0.3) is 5.91 Å². The molecule has 1 aliphatic rings. The molecule has 0 radical (unpaired) electrons. The lowest BCUT2D eigenvalue weighted by atomic mass is 10.3. The lowest BCUT2D eigenvalue weighted by molar-refractivity contribution is -0.139. The summed E-state index contributed by atoms with van der Waals surface area (Å²) in [6, 6.07) is 5.08. The van der Waals surface area contributed by atoms with Gasteiger partial charge >= 0.3 is 0 Å². The fourth-order valence-corrected chi connectivity index (χ4v) is 2.25. The van der Waals surface area contributed by atoms with Crippen LogP contribution in [-0.4, -0.2) is 30.1 Å². The Hall–Kier alpha value is -0.970. The third-order valence-corrected chi connectivity index (χ3v) is 3.28. The van der Waals surface area contributed by atoms with Gasteiger partial charge in [0.15, 0.2) is 11.9 Å². The lowest BCUT2D eigenvalue weighted by Gasteiger charge is -2.22. The van der Waals surface area contributed by atoms with Crippen LogP contribution in [-0.2, 0) is 4.79 Å². The molecule has 1 aromatic rings. The summed E-state index contributed by atoms with van der Waals surface area (Å²) < 4.78 is 5.56. The van der Waals surface area contributed by atoms with E-state index in [2.05, 4.69) is 5.43 Å². The van der Waals surface area contributed by atoms with Gasteiger partial charge < -0.3 is 4.74 Å². The molecule has 1 aromatic carbocycles. The molecule has 6 heteroatoms. The number of hydrogen-bond acceptors (Lipinski definition) is 3. The molecular formula is C12H14Cl2N2O2. The van der Waals surface area contributed by atoms with E-state index in [-0.39, 0.29) is 5.91 Å². The maximum atomic E-state index is 12.0. The van der Waals surface area contributed by atoms with Crippen LogP contribution in [0.4, 0.5) is 0 Å². The smallest absolute Gasteiger partial charge is 0.277 e. The van der Waals surface area contributed by atoms with Gasteiger partial charge in [-0.25, -0.2) is 5.43 Å². The molecule has 1 heterocycles. The summed E-state index contributed by atoms with van der Waals surface area (Å²) in [4.78, 5) is 12.0. The molecule has 1 unspecified atom stereocenters. The van der Waals surface area contributed by atoms with E-state index in [4.69, 9.17) is 27.9 Å². The molecule has 1 atom stereocenters. The fourth-order valence-electron chi connectivity index (χ4n) is 1.76. The topological polar surface area (TPSA) is 41.6 Å². The summed E-state index contributed by atoms with van der Waals surface area (Å²) in [6.45, 7) is 3.19. The molecule has 4 nitrogen and oxygen atoms in total. The van der Waals surface area contributed by atoms with Crippen molar-refractivity contribution < 1.29 is 9.53 Å². The zero-order chi connectivity index (χ0) is 13.1. The molecule has 0 aliphatic carbocycles. The fraction of sp³-hybridized carbons (Fsp3) is 0.417. The second-order valence-corrected chi connectivity index (χ2v) is 4.88. The molecule has 0 spiro atoms. The van der Waals surface area contributed by atoms with Crippen LogP contribution in [0.2, 0.25) is 10.0 Å². The maximum Gasteiger partial charge on any atom is 0.277 e. The van der Waals surface area contributed by atoms with Crippen molar-refractivity contribution in [2.45, 2.75) is 19.4 Å². The third kappa shape index (κ3) is 2.88. The predicted octanol–water partition coefficient (Wildman–Crippen LogP) is 2.50. The van der Waals surface area contributed by atoms with Gasteiger partial charge in [-0.1, -0.05) is 29.3 Å². The molecule has 1 fully saturated rings. The average molecular weight is 289 g/mol. The first-order chi connectivity index (χ1) is 8.59. The van der Waals surface area contributed by atoms with Gasteiger partial charge in [-0.15, -0.1) is 0 Å². The van der Waals surface area contributed by atoms with Crippen LogP contribution in [0, 0.1) is 0 Å². The van der Waals surface area contributed by atoms with Gasteiger partial charge in [-0.3, -0.25) is 9.80 Å². The average Bonchev–Trinajstić information content (AvgIpc) is 2.86. The quantitative estimate of drug-likeness (QED) is 0.929. The molecule has 98 valence electrons. The van der Waals surface area contributed by atoms with E-state index in [9.17, 15) is 4.79 Å². The Bertz CT molecular complexity index is 427. The van der Waals surface area contributed by atoms with E-state index in [1.54, 1.807) is 30.1 Å². The van der Waals surface area contributed by atoms with Crippen LogP contribution in [0.1, 0.15) is 13.3 Å². The summed E-state index contributed by atoms with van der Waals surface area (Å²) in [5.41, 5.74) is 2.99. The van der Waals surface area contributed by atoms with Crippen molar-refractivity contribution in [1.82, 2.24) is 10.4 Å². The summed E-state index contributed by atoms with van der Waals surface area (Å²) >= 11 is 12.0. The molecule has 1 aliphatic heterocycles. The second-order valence-electron chi connectivity index (χ2n) is 4.06. The maximum absolute atomic E-state index is 12.0. The molecule has 0 aromatic heterocycles. The summed E-state index contributed by atoms with van der Waals surface area (Å²) in [7, 11) is 0. The number of hydrogen-bond donors (Lipinski definition) is 1. The second kappa shape index (κ2) is 5.78. The van der Waals surface area contributed by atoms with E-state index in [1.165, 1.54) is 0 Å². The molecule has 0 bridgehead atoms. The predicted molar refractivity (Wildman–Crippen MR) is 70.9 cm³/mol. The van der Waals surface area contributed by atoms with Gasteiger partial charge in [0.2, 0.25) is 0 Å². The number of halogens is 2. The number of nitrogens with one attached hydrogen (secondary N) is 1. The number of para-hydroxylation sites is 1. The zero-order valence-electron chi connectivity index (χ0n) is 9.95. The van der Waals surface area contributed by atoms with Gasteiger partial charge in [0.1, 0.15) is 0 Å². The molecule has 1 amide bonds. The number of rotatable bonds is 3. The van der Waals surface area contributed by atoms with E-state index >= 15 is 0 Å². The van der Waals surface area contributed by atoms with E-state index in [1.807, 2.05) is 0 Å². The third-order valence-electron chi connectivity index (χ3n) is 2.69. The normalized spacial score (nSPS) is 16.7. The molecule has 1 saturated heterocycles. The van der Waals surface area contributed by atoms with E-state index in [0.29, 0.717) is 22.3 Å². The van der Waals surface area contributed by atoms with Gasteiger partial charge in [0.05, 0.1) is 10.0 Å². The van der Waals surface area contributed by atoms with Gasteiger partial charge in [-0.2, -0.15) is 0 Å². The zero-order valence-corrected chi connectivity index (χ0v) is 11.5. The van der Waals surface area contributed by atoms with Crippen molar-refractivity contribution in [3.63, 3.8) is 0 Å². The van der Waals surface area contributed by atoms with Crippen LogP contribution in [0.25, 0.3) is 0 Å². The highest BCUT2D eigenvalue weighted by molar-refractivity contribution is 6.37. The SMILES string of the molecule is CC(Oc1c(Cl)cccc1Cl)C(=O)N1CCCN1. The molecule has 0 saturated carbocycles. The van der Waals surface area contributed by atoms with Crippen LogP contribution in [0.5, 0.6) is 5.75 Å². The molecule has 18 heavy (non-hydrogen) atoms. The van der Waals surface area contributed by atoms with Crippen molar-refractivity contribution in [3.05, 3.63) is 28.2 Å². The Labute approximate surface area is 116 Å². The van der Waals surface area contributed by atoms with Gasteiger partial charge in [-0.05, 0) is 25.5 Å². The minimum absolute atomic E-state index is 0.122. The minimum Gasteiger partial charge on any atom is -0.478 e. The Morgan fingerprint density at radius 1 is 1.44 bits per heavy atom. The molecular weight excluding hydrogens is 275 g/mol. The first-order valence-electron chi connectivity index (χ1n) is 5.75. The molecule has 2 rings (SSSR count). The van der Waals surface area contributed by atoms with E-state index < -0.39 is 6.10 Å². The van der Waals surface area contributed by atoms with Crippen LogP contribution in [0.15, 0.2) is 18.2 Å². The van der Waals surface area contributed by atoms with Crippen LogP contribution < -0.4 is 10.2 Å². The lowest BCUT2D eigenvalue weighted by Crippen LogP contribution is -2.44. The first kappa shape index (κ1) is 13.5. The summed E-state index contributed by atoms with van der Waals surface area (Å²) in [5, 5.41) is 2.36. The van der Waals surface area contributed by atoms with Crippen LogP contribution in [0.3, 0.4) is 0 Å². The number of hydrazine groups is 1. The number of ether oxygens (including phenoxy) is 1. The first-order valence-corrected chi connectivity index (χ1v) is 6.50. The van der Waals surface area contributed by atoms with Crippen molar-refractivity contribution in [3.8, 4) is 5.75 Å². The Morgan fingerprint density at radius 3 is 2.67 bits per heavy atom. The highest BCUT2D eigenvalue weighted by atomic mass is 35.5. The van der Waals surface area contributed by atoms with Crippen LogP contribution >= 0.6 is 23.2 Å². The Balaban J connectivity index is 2.06. The minimum atomic E-state index is -0.631. The number of amides is 1. The largest absolute Gasteiger partial charge is 0.478 e. The van der Waals surface area contributed by atoms with Gasteiger partial charge in [0, 0.05) is 13.1 Å². The highest BCUT2D eigenvalue weighted by Gasteiger charge is 2.25. The monoisotopic (exact) mass is 288 g/mol. The summed E-state index contributed by atoms with van der Waals surface area (Å²) in [6.07, 6.45) is 0.318. The van der Waals surface area contributed by atoms with Crippen molar-refractivity contribution in [2.75, 3.05) is 13.1 Å². The summed E-state index contributed by atoms with van der Waals surface area (Å²) in [5.74, 6) is 0.226. The number of benzene rings is 1.